The van der Waals surface area contributed by atoms with Crippen molar-refractivity contribution >= 4 is 34.5 Å². The maximum absolute atomic E-state index is 13.0. The third kappa shape index (κ3) is 3.81. The fourth-order valence-corrected chi connectivity index (χ4v) is 2.25. The van der Waals surface area contributed by atoms with Crippen LogP contribution in [0.15, 0.2) is 51.8 Å². The van der Waals surface area contributed by atoms with E-state index >= 15 is 0 Å². The zero-order valence-corrected chi connectivity index (χ0v) is 12.3. The van der Waals surface area contributed by atoms with Crippen LogP contribution >= 0.6 is 28.6 Å². The molecule has 2 aromatic rings. The van der Waals surface area contributed by atoms with E-state index in [0.717, 1.165) is 10.0 Å². The molecule has 0 heterocycles. The number of nitrogens with one attached hydrogen (secondary N) is 1. The van der Waals surface area contributed by atoms with E-state index in [0.29, 0.717) is 12.1 Å². The first-order valence-electron chi connectivity index (χ1n) is 5.57. The fraction of sp³-hybridized carbons (Fsp3) is 0.0714. The van der Waals surface area contributed by atoms with Crippen molar-refractivity contribution in [3.8, 4) is 0 Å². The molecule has 0 aromatic heterocycles. The monoisotopic (exact) mass is 339 g/mol. The Balaban J connectivity index is 2.03. The molecule has 1 amide bonds. The van der Waals surface area contributed by atoms with Crippen molar-refractivity contribution in [1.82, 2.24) is 5.32 Å². The van der Waals surface area contributed by atoms with Gasteiger partial charge < -0.3 is 5.32 Å². The topological polar surface area (TPSA) is 29.1 Å². The van der Waals surface area contributed by atoms with Crippen LogP contribution in [-0.4, -0.2) is 5.91 Å². The Labute approximate surface area is 124 Å². The highest BCUT2D eigenvalue weighted by Crippen LogP contribution is 2.15. The smallest absolute Gasteiger partial charge is 0.251 e. The second kappa shape index (κ2) is 6.21. The zero-order valence-electron chi connectivity index (χ0n) is 9.86. The van der Waals surface area contributed by atoms with Crippen LogP contribution in [0.25, 0.3) is 0 Å². The first-order chi connectivity index (χ1) is 9.06. The molecule has 0 atom stereocenters. The van der Waals surface area contributed by atoms with Crippen molar-refractivity contribution in [3.05, 3.63) is 63.9 Å². The molecule has 0 aliphatic heterocycles. The van der Waals surface area contributed by atoms with Crippen molar-refractivity contribution in [2.45, 2.75) is 11.4 Å². The van der Waals surface area contributed by atoms with Crippen LogP contribution in [0.5, 0.6) is 0 Å². The molecule has 0 aliphatic rings. The maximum Gasteiger partial charge on any atom is 0.251 e. The van der Waals surface area contributed by atoms with Crippen molar-refractivity contribution in [2.24, 2.45) is 0 Å². The first-order valence-corrected chi connectivity index (χ1v) is 6.81. The Morgan fingerprint density at radius 2 is 2.05 bits per heavy atom. The van der Waals surface area contributed by atoms with Gasteiger partial charge in [-0.25, -0.2) is 4.39 Å². The largest absolute Gasteiger partial charge is 0.348 e. The standard InChI is InChI=1S/C14H11BrFNOS/c15-11-3-1-2-9(6-11)8-17-14(18)10-4-5-12(16)13(19)7-10/h1-7,19H,8H2,(H,17,18). The number of carbonyl (C=O) groups excluding carboxylic acids is 1. The summed E-state index contributed by atoms with van der Waals surface area (Å²) in [6.45, 7) is 0.414. The number of thiol groups is 1. The van der Waals surface area contributed by atoms with E-state index in [4.69, 9.17) is 0 Å². The summed E-state index contributed by atoms with van der Waals surface area (Å²) in [5, 5.41) is 2.77. The molecule has 0 fully saturated rings. The highest BCUT2D eigenvalue weighted by atomic mass is 79.9. The van der Waals surface area contributed by atoms with Gasteiger partial charge >= 0.3 is 0 Å². The third-order valence-corrected chi connectivity index (χ3v) is 3.39. The molecule has 2 rings (SSSR count). The Kier molecular flexibility index (Phi) is 4.61. The number of amides is 1. The number of benzene rings is 2. The van der Waals surface area contributed by atoms with E-state index in [1.807, 2.05) is 24.3 Å². The molecule has 0 saturated heterocycles. The van der Waals surface area contributed by atoms with Gasteiger partial charge in [-0.05, 0) is 35.9 Å². The lowest BCUT2D eigenvalue weighted by atomic mass is 10.2. The lowest BCUT2D eigenvalue weighted by Crippen LogP contribution is -2.22. The van der Waals surface area contributed by atoms with Crippen molar-refractivity contribution in [3.63, 3.8) is 0 Å². The predicted molar refractivity (Wildman–Crippen MR) is 79.0 cm³/mol. The van der Waals surface area contributed by atoms with Gasteiger partial charge in [-0.3, -0.25) is 4.79 Å². The SMILES string of the molecule is O=C(NCc1cccc(Br)c1)c1ccc(F)c(S)c1. The number of hydrogen-bond donors (Lipinski definition) is 2. The number of hydrogen-bond acceptors (Lipinski definition) is 2. The molecule has 98 valence electrons. The van der Waals surface area contributed by atoms with Gasteiger partial charge in [-0.15, -0.1) is 12.6 Å². The highest BCUT2D eigenvalue weighted by molar-refractivity contribution is 9.10. The summed E-state index contributed by atoms with van der Waals surface area (Å²) in [6, 6.07) is 11.7. The minimum Gasteiger partial charge on any atom is -0.348 e. The molecule has 1 N–H and O–H groups in total. The molecule has 0 spiro atoms. The summed E-state index contributed by atoms with van der Waals surface area (Å²) in [7, 11) is 0. The van der Waals surface area contributed by atoms with Gasteiger partial charge in [0.1, 0.15) is 5.82 Å². The van der Waals surface area contributed by atoms with Gasteiger partial charge in [-0.2, -0.15) is 0 Å². The Bertz CT molecular complexity index is 618. The van der Waals surface area contributed by atoms with E-state index in [9.17, 15) is 9.18 Å². The molecule has 0 bridgehead atoms. The van der Waals surface area contributed by atoms with Crippen LogP contribution in [-0.2, 0) is 6.54 Å². The van der Waals surface area contributed by atoms with Crippen LogP contribution in [0.4, 0.5) is 4.39 Å². The van der Waals surface area contributed by atoms with Crippen molar-refractivity contribution in [2.75, 3.05) is 0 Å². The van der Waals surface area contributed by atoms with Crippen LogP contribution in [0, 0.1) is 5.82 Å². The lowest BCUT2D eigenvalue weighted by Gasteiger charge is -2.06. The van der Waals surface area contributed by atoms with Gasteiger partial charge in [0.15, 0.2) is 0 Å². The second-order valence-corrected chi connectivity index (χ2v) is 5.38. The van der Waals surface area contributed by atoms with E-state index in [2.05, 4.69) is 33.9 Å². The molecule has 0 saturated carbocycles. The van der Waals surface area contributed by atoms with Gasteiger partial charge in [0, 0.05) is 21.5 Å². The van der Waals surface area contributed by atoms with E-state index in [-0.39, 0.29) is 10.8 Å². The van der Waals surface area contributed by atoms with Gasteiger partial charge in [0.2, 0.25) is 0 Å². The average Bonchev–Trinajstić information content (AvgIpc) is 2.39. The van der Waals surface area contributed by atoms with Crippen LogP contribution in [0.2, 0.25) is 0 Å². The lowest BCUT2D eigenvalue weighted by molar-refractivity contribution is 0.0950. The molecule has 2 aromatic carbocycles. The van der Waals surface area contributed by atoms with Crippen LogP contribution < -0.4 is 5.32 Å². The van der Waals surface area contributed by atoms with E-state index < -0.39 is 5.82 Å². The summed E-state index contributed by atoms with van der Waals surface area (Å²) in [5.41, 5.74) is 1.37. The van der Waals surface area contributed by atoms with Crippen molar-refractivity contribution < 1.29 is 9.18 Å². The number of rotatable bonds is 3. The minimum atomic E-state index is -0.438. The predicted octanol–water partition coefficient (Wildman–Crippen LogP) is 3.81. The molecule has 2 nitrogen and oxygen atoms in total. The van der Waals surface area contributed by atoms with Gasteiger partial charge in [-0.1, -0.05) is 28.1 Å². The third-order valence-electron chi connectivity index (χ3n) is 2.55. The maximum atomic E-state index is 13.0. The number of halogens is 2. The molecule has 5 heteroatoms. The quantitative estimate of drug-likeness (QED) is 0.818. The molecule has 0 radical (unpaired) electrons. The molecular weight excluding hydrogens is 329 g/mol. The van der Waals surface area contributed by atoms with Crippen LogP contribution in [0.1, 0.15) is 15.9 Å². The summed E-state index contributed by atoms with van der Waals surface area (Å²) in [4.78, 5) is 12.0. The second-order valence-electron chi connectivity index (χ2n) is 3.98. The summed E-state index contributed by atoms with van der Waals surface area (Å²) < 4.78 is 14.0. The fourth-order valence-electron chi connectivity index (χ4n) is 1.59. The molecule has 0 unspecified atom stereocenters. The van der Waals surface area contributed by atoms with Gasteiger partial charge in [0.05, 0.1) is 0 Å². The first kappa shape index (κ1) is 14.1. The average molecular weight is 340 g/mol. The Morgan fingerprint density at radius 1 is 1.26 bits per heavy atom. The van der Waals surface area contributed by atoms with Gasteiger partial charge in [0.25, 0.3) is 5.91 Å². The van der Waals surface area contributed by atoms with Crippen molar-refractivity contribution in [1.29, 1.82) is 0 Å². The minimum absolute atomic E-state index is 0.162. The molecule has 19 heavy (non-hydrogen) atoms. The normalized spacial score (nSPS) is 10.3. The van der Waals surface area contributed by atoms with Crippen LogP contribution in [0.3, 0.4) is 0 Å². The summed E-state index contributed by atoms with van der Waals surface area (Å²) in [5.74, 6) is -0.692. The van der Waals surface area contributed by atoms with E-state index in [1.165, 1.54) is 18.2 Å². The zero-order chi connectivity index (χ0) is 13.8. The summed E-state index contributed by atoms with van der Waals surface area (Å²) >= 11 is 7.32. The molecule has 0 aliphatic carbocycles. The highest BCUT2D eigenvalue weighted by Gasteiger charge is 2.07. The Hall–Kier alpha value is -1.33. The summed E-state index contributed by atoms with van der Waals surface area (Å²) in [6.07, 6.45) is 0. The number of carbonyl (C=O) groups is 1. The van der Waals surface area contributed by atoms with E-state index in [1.54, 1.807) is 0 Å². The Morgan fingerprint density at radius 3 is 2.74 bits per heavy atom. The molecular formula is C14H11BrFNOS.